The summed E-state index contributed by atoms with van der Waals surface area (Å²) in [6.45, 7) is 1.87. The highest BCUT2D eigenvalue weighted by Gasteiger charge is 2.25. The van der Waals surface area contributed by atoms with Gasteiger partial charge in [-0.25, -0.2) is 9.97 Å². The van der Waals surface area contributed by atoms with Gasteiger partial charge in [-0.1, -0.05) is 0 Å². The number of nitrogens with two attached hydrogens (primary N) is 2. The molecule has 1 amide bonds. The Balaban J connectivity index is 1.78. The number of carbonyl (C=O) groups is 1. The number of rotatable bonds is 5. The number of aliphatic hydroxyl groups excluding tert-OH is 1. The van der Waals surface area contributed by atoms with Gasteiger partial charge in [-0.05, 0) is 31.2 Å². The zero-order valence-electron chi connectivity index (χ0n) is 14.7. The van der Waals surface area contributed by atoms with Crippen molar-refractivity contribution in [1.82, 2.24) is 9.97 Å². The highest BCUT2D eigenvalue weighted by molar-refractivity contribution is 7.21. The van der Waals surface area contributed by atoms with Crippen LogP contribution in [0.4, 0.5) is 11.6 Å². The van der Waals surface area contributed by atoms with Crippen molar-refractivity contribution in [1.29, 1.82) is 0 Å². The second-order valence-corrected chi connectivity index (χ2v) is 7.72. The molecule has 0 atom stereocenters. The molecule has 4 heterocycles. The van der Waals surface area contributed by atoms with Crippen LogP contribution in [-0.4, -0.2) is 40.7 Å². The Labute approximate surface area is 159 Å². The van der Waals surface area contributed by atoms with Gasteiger partial charge < -0.3 is 25.9 Å². The van der Waals surface area contributed by atoms with Crippen molar-refractivity contribution >= 4 is 39.1 Å². The van der Waals surface area contributed by atoms with E-state index in [1.807, 2.05) is 0 Å². The van der Waals surface area contributed by atoms with Gasteiger partial charge in [0.05, 0.1) is 29.3 Å². The van der Waals surface area contributed by atoms with E-state index in [9.17, 15) is 4.79 Å². The van der Waals surface area contributed by atoms with Crippen LogP contribution in [0.1, 0.15) is 28.9 Å². The molecule has 0 radical (unpaired) electrons. The SMILES string of the molecule is NC(=O)c1sc2nc(N3CCC(CCO)CC3)nc(-c3ccoc3)c2c1N. The standard InChI is InChI=1S/C18H21N5O3S/c19-13-12-14(11-4-8-26-9-11)21-18(22-17(12)27-15(13)16(20)25)23-5-1-10(2-6-23)3-7-24/h4,8-10,24H,1-3,5-7,19H2,(H2,20,25). The number of aliphatic hydroxyl groups is 1. The smallest absolute Gasteiger partial charge is 0.260 e. The molecule has 0 aliphatic carbocycles. The Kier molecular flexibility index (Phi) is 4.71. The maximum absolute atomic E-state index is 11.7. The van der Waals surface area contributed by atoms with Gasteiger partial charge in [0.2, 0.25) is 5.95 Å². The van der Waals surface area contributed by atoms with Crippen molar-refractivity contribution in [3.63, 3.8) is 0 Å². The summed E-state index contributed by atoms with van der Waals surface area (Å²) in [5.74, 6) is 0.570. The second-order valence-electron chi connectivity index (χ2n) is 6.72. The summed E-state index contributed by atoms with van der Waals surface area (Å²) in [5, 5.41) is 9.77. The number of nitrogen functional groups attached to an aromatic ring is 1. The van der Waals surface area contributed by atoms with Crippen LogP contribution in [0.25, 0.3) is 21.5 Å². The number of primary amides is 1. The maximum atomic E-state index is 11.7. The molecule has 1 fully saturated rings. The molecule has 8 nitrogen and oxygen atoms in total. The molecule has 4 rings (SSSR count). The third-order valence-corrected chi connectivity index (χ3v) is 6.14. The van der Waals surface area contributed by atoms with E-state index >= 15 is 0 Å². The number of hydrogen-bond acceptors (Lipinski definition) is 8. The van der Waals surface area contributed by atoms with E-state index in [2.05, 4.69) is 9.88 Å². The molecule has 1 saturated heterocycles. The first-order valence-corrected chi connectivity index (χ1v) is 9.68. The van der Waals surface area contributed by atoms with Crippen LogP contribution in [0.5, 0.6) is 0 Å². The molecule has 1 aliphatic rings. The van der Waals surface area contributed by atoms with Crippen LogP contribution in [0.2, 0.25) is 0 Å². The largest absolute Gasteiger partial charge is 0.472 e. The summed E-state index contributed by atoms with van der Waals surface area (Å²) in [7, 11) is 0. The van der Waals surface area contributed by atoms with Crippen LogP contribution in [0.15, 0.2) is 23.0 Å². The molecule has 1 aliphatic heterocycles. The molecular weight excluding hydrogens is 366 g/mol. The van der Waals surface area contributed by atoms with E-state index in [1.54, 1.807) is 18.6 Å². The lowest BCUT2D eigenvalue weighted by atomic mass is 9.94. The predicted octanol–water partition coefficient (Wildman–Crippen LogP) is 2.23. The van der Waals surface area contributed by atoms with E-state index < -0.39 is 5.91 Å². The zero-order chi connectivity index (χ0) is 19.0. The van der Waals surface area contributed by atoms with Gasteiger partial charge in [0, 0.05) is 25.3 Å². The lowest BCUT2D eigenvalue weighted by Gasteiger charge is -2.31. The van der Waals surface area contributed by atoms with E-state index in [4.69, 9.17) is 26.0 Å². The fourth-order valence-corrected chi connectivity index (χ4v) is 4.49. The molecule has 0 spiro atoms. The number of anilines is 2. The number of fused-ring (bicyclic) bond motifs is 1. The number of nitrogens with zero attached hydrogens (tertiary/aromatic N) is 3. The molecule has 0 saturated carbocycles. The van der Waals surface area contributed by atoms with E-state index in [-0.39, 0.29) is 6.61 Å². The first kappa shape index (κ1) is 17.7. The normalized spacial score (nSPS) is 15.5. The van der Waals surface area contributed by atoms with Crippen LogP contribution in [-0.2, 0) is 0 Å². The number of aromatic nitrogens is 2. The number of furan rings is 1. The number of amides is 1. The fourth-order valence-electron chi connectivity index (χ4n) is 3.55. The third kappa shape index (κ3) is 3.24. The van der Waals surface area contributed by atoms with E-state index in [1.165, 1.54) is 11.3 Å². The lowest BCUT2D eigenvalue weighted by Crippen LogP contribution is -2.35. The molecule has 0 bridgehead atoms. The fraction of sp³-hybridized carbons (Fsp3) is 0.389. The molecule has 0 unspecified atom stereocenters. The summed E-state index contributed by atoms with van der Waals surface area (Å²) in [5.41, 5.74) is 13.4. The molecule has 9 heteroatoms. The van der Waals surface area contributed by atoms with Gasteiger partial charge in [0.15, 0.2) is 0 Å². The molecule has 5 N–H and O–H groups in total. The molecular formula is C18H21N5O3S. The zero-order valence-corrected chi connectivity index (χ0v) is 15.5. The molecule has 3 aromatic rings. The molecule has 142 valence electrons. The minimum Gasteiger partial charge on any atom is -0.472 e. The summed E-state index contributed by atoms with van der Waals surface area (Å²) < 4.78 is 5.21. The minimum absolute atomic E-state index is 0.224. The summed E-state index contributed by atoms with van der Waals surface area (Å²) in [6, 6.07) is 1.81. The van der Waals surface area contributed by atoms with Crippen LogP contribution in [0, 0.1) is 5.92 Å². The predicted molar refractivity (Wildman–Crippen MR) is 105 cm³/mol. The highest BCUT2D eigenvalue weighted by atomic mass is 32.1. The van der Waals surface area contributed by atoms with Crippen LogP contribution >= 0.6 is 11.3 Å². The number of thiophene rings is 1. The van der Waals surface area contributed by atoms with Gasteiger partial charge in [0.1, 0.15) is 9.71 Å². The number of hydrogen-bond donors (Lipinski definition) is 3. The summed E-state index contributed by atoms with van der Waals surface area (Å²) >= 11 is 1.19. The van der Waals surface area contributed by atoms with Crippen molar-refractivity contribution in [3.8, 4) is 11.3 Å². The number of carbonyl (C=O) groups excluding carboxylic acids is 1. The van der Waals surface area contributed by atoms with Gasteiger partial charge in [0.25, 0.3) is 5.91 Å². The van der Waals surface area contributed by atoms with E-state index in [0.717, 1.165) is 37.9 Å². The Morgan fingerprint density at radius 1 is 1.37 bits per heavy atom. The van der Waals surface area contributed by atoms with Crippen molar-refractivity contribution in [2.45, 2.75) is 19.3 Å². The maximum Gasteiger partial charge on any atom is 0.260 e. The average Bonchev–Trinajstić information content (AvgIpc) is 3.30. The Hall–Kier alpha value is -2.65. The quantitative estimate of drug-likeness (QED) is 0.611. The molecule has 27 heavy (non-hydrogen) atoms. The summed E-state index contributed by atoms with van der Waals surface area (Å²) in [6.07, 6.45) is 5.97. The Morgan fingerprint density at radius 3 is 2.78 bits per heavy atom. The molecule has 3 aromatic heterocycles. The van der Waals surface area contributed by atoms with Crippen molar-refractivity contribution in [2.24, 2.45) is 11.7 Å². The van der Waals surface area contributed by atoms with Gasteiger partial charge in [-0.15, -0.1) is 11.3 Å². The van der Waals surface area contributed by atoms with Crippen molar-refractivity contribution < 1.29 is 14.3 Å². The minimum atomic E-state index is -0.569. The first-order chi connectivity index (χ1) is 13.1. The van der Waals surface area contributed by atoms with Crippen molar-refractivity contribution in [3.05, 3.63) is 23.5 Å². The van der Waals surface area contributed by atoms with Crippen LogP contribution < -0.4 is 16.4 Å². The first-order valence-electron chi connectivity index (χ1n) is 8.86. The van der Waals surface area contributed by atoms with Gasteiger partial charge in [-0.2, -0.15) is 0 Å². The van der Waals surface area contributed by atoms with Gasteiger partial charge in [-0.3, -0.25) is 4.79 Å². The van der Waals surface area contributed by atoms with E-state index in [0.29, 0.717) is 38.3 Å². The van der Waals surface area contributed by atoms with Crippen LogP contribution in [0.3, 0.4) is 0 Å². The highest BCUT2D eigenvalue weighted by Crippen LogP contribution is 2.39. The second kappa shape index (κ2) is 7.16. The lowest BCUT2D eigenvalue weighted by molar-refractivity contribution is 0.100. The van der Waals surface area contributed by atoms with Gasteiger partial charge >= 0.3 is 0 Å². The monoisotopic (exact) mass is 387 g/mol. The Bertz CT molecular complexity index is 961. The topological polar surface area (TPSA) is 132 Å². The summed E-state index contributed by atoms with van der Waals surface area (Å²) in [4.78, 5) is 24.2. The Morgan fingerprint density at radius 2 is 2.15 bits per heavy atom. The third-order valence-electron chi connectivity index (χ3n) is 5.03. The number of piperidine rings is 1. The van der Waals surface area contributed by atoms with Crippen molar-refractivity contribution in [2.75, 3.05) is 30.3 Å². The molecule has 0 aromatic carbocycles. The average molecular weight is 387 g/mol.